The molecule has 0 saturated heterocycles. The Morgan fingerprint density at radius 1 is 0.703 bits per heavy atom. The maximum absolute atomic E-state index is 2.47. The fourth-order valence-electron chi connectivity index (χ4n) is 9.03. The summed E-state index contributed by atoms with van der Waals surface area (Å²) in [6.07, 6.45) is 18.5. The molecule has 0 aliphatic heterocycles. The van der Waals surface area contributed by atoms with E-state index in [1.807, 2.05) is 36.5 Å². The van der Waals surface area contributed by atoms with Gasteiger partial charge in [0, 0.05) is 30.1 Å². The van der Waals surface area contributed by atoms with Crippen LogP contribution in [0, 0.1) is 12.8 Å². The van der Waals surface area contributed by atoms with E-state index in [1.165, 1.54) is 126 Å². The number of benzene rings is 5. The van der Waals surface area contributed by atoms with Gasteiger partial charge in [-0.1, -0.05) is 170 Å². The van der Waals surface area contributed by atoms with E-state index >= 15 is 0 Å². The fourth-order valence-corrected chi connectivity index (χ4v) is 11.5. The van der Waals surface area contributed by atoms with Gasteiger partial charge in [0.15, 0.2) is 0 Å². The third kappa shape index (κ3) is 10.4. The second-order valence-corrected chi connectivity index (χ2v) is 19.6. The van der Waals surface area contributed by atoms with Crippen LogP contribution in [0.1, 0.15) is 153 Å². The third-order valence-corrected chi connectivity index (χ3v) is 15.8. The maximum atomic E-state index is 2.47. The van der Waals surface area contributed by atoms with Crippen LogP contribution in [0.4, 0.5) is 0 Å². The number of fused-ring (bicyclic) bond motifs is 2. The van der Waals surface area contributed by atoms with Gasteiger partial charge in [-0.2, -0.15) is 0 Å². The molecule has 2 heterocycles. The van der Waals surface area contributed by atoms with Crippen LogP contribution in [0.3, 0.4) is 0 Å². The number of allylic oxidation sites excluding steroid dienone is 7. The molecule has 0 aliphatic rings. The minimum absolute atomic E-state index is 0.590. The first-order valence-electron chi connectivity index (χ1n) is 24.1. The first kappa shape index (κ1) is 48.4. The van der Waals surface area contributed by atoms with Crippen molar-refractivity contribution in [1.82, 2.24) is 0 Å². The highest BCUT2D eigenvalue weighted by atomic mass is 32.1. The monoisotopic (exact) mass is 881 g/mol. The summed E-state index contributed by atoms with van der Waals surface area (Å²) in [4.78, 5) is 4.13. The number of rotatable bonds is 15. The predicted octanol–water partition coefficient (Wildman–Crippen LogP) is 19.8. The summed E-state index contributed by atoms with van der Waals surface area (Å²) in [6, 6.07) is 34.5. The molecule has 0 spiro atoms. The Hall–Kier alpha value is -5.02. The summed E-state index contributed by atoms with van der Waals surface area (Å²) >= 11 is 3.87. The lowest BCUT2D eigenvalue weighted by molar-refractivity contribution is 0.699. The van der Waals surface area contributed by atoms with Crippen molar-refractivity contribution in [2.24, 2.45) is 5.92 Å². The fraction of sp³-hybridized carbons (Fsp3) is 0.323. The van der Waals surface area contributed by atoms with Crippen molar-refractivity contribution in [3.8, 4) is 10.4 Å². The van der Waals surface area contributed by atoms with Crippen molar-refractivity contribution in [2.45, 2.75) is 129 Å². The topological polar surface area (TPSA) is 0 Å². The van der Waals surface area contributed by atoms with Gasteiger partial charge in [0.1, 0.15) is 0 Å². The molecular weight excluding hydrogens is 809 g/mol. The van der Waals surface area contributed by atoms with Gasteiger partial charge in [0.05, 0.1) is 0 Å². The lowest BCUT2D eigenvalue weighted by Gasteiger charge is -2.15. The zero-order valence-corrected chi connectivity index (χ0v) is 42.8. The Bertz CT molecular complexity index is 2930. The molecule has 2 heteroatoms. The summed E-state index contributed by atoms with van der Waals surface area (Å²) in [6.45, 7) is 29.2. The molecule has 0 bridgehead atoms. The van der Waals surface area contributed by atoms with Crippen LogP contribution in [0.5, 0.6) is 0 Å². The Morgan fingerprint density at radius 3 is 2.05 bits per heavy atom. The summed E-state index contributed by atoms with van der Waals surface area (Å²) < 4.78 is 1.34. The minimum atomic E-state index is 0.590. The first-order valence-corrected chi connectivity index (χ1v) is 25.7. The molecule has 0 fully saturated rings. The van der Waals surface area contributed by atoms with E-state index in [1.54, 1.807) is 5.57 Å². The molecule has 0 aliphatic carbocycles. The number of aryl methyl sites for hydroxylation is 2. The van der Waals surface area contributed by atoms with E-state index in [9.17, 15) is 0 Å². The minimum Gasteiger partial charge on any atom is -0.135 e. The summed E-state index contributed by atoms with van der Waals surface area (Å²) in [5.74, 6) is 0.590. The van der Waals surface area contributed by atoms with Gasteiger partial charge < -0.3 is 0 Å². The molecule has 7 rings (SSSR count). The van der Waals surface area contributed by atoms with Crippen LogP contribution in [0.2, 0.25) is 0 Å². The van der Waals surface area contributed by atoms with Gasteiger partial charge in [-0.25, -0.2) is 0 Å². The Balaban J connectivity index is 0.00000335. The van der Waals surface area contributed by atoms with Gasteiger partial charge in [0.25, 0.3) is 0 Å². The van der Waals surface area contributed by atoms with Crippen LogP contribution in [-0.2, 0) is 6.42 Å². The van der Waals surface area contributed by atoms with Gasteiger partial charge in [-0.3, -0.25) is 0 Å². The Morgan fingerprint density at radius 2 is 1.38 bits per heavy atom. The molecule has 1 unspecified atom stereocenters. The zero-order chi connectivity index (χ0) is 46.1. The largest absolute Gasteiger partial charge is 0.135 e. The maximum Gasteiger partial charge on any atom is 0.0381 e. The number of unbranched alkanes of at least 4 members (excludes halogenated alkanes) is 1. The van der Waals surface area contributed by atoms with Crippen molar-refractivity contribution < 1.29 is 0 Å². The van der Waals surface area contributed by atoms with E-state index in [0.29, 0.717) is 5.92 Å². The van der Waals surface area contributed by atoms with Crippen molar-refractivity contribution in [1.29, 1.82) is 0 Å². The van der Waals surface area contributed by atoms with E-state index < -0.39 is 0 Å². The van der Waals surface area contributed by atoms with Crippen molar-refractivity contribution in [3.05, 3.63) is 163 Å². The second kappa shape index (κ2) is 22.3. The van der Waals surface area contributed by atoms with Crippen LogP contribution >= 0.6 is 22.7 Å². The lowest BCUT2D eigenvalue weighted by Crippen LogP contribution is -2.09. The van der Waals surface area contributed by atoms with Crippen molar-refractivity contribution in [3.63, 3.8) is 0 Å². The molecule has 0 nitrogen and oxygen atoms in total. The van der Waals surface area contributed by atoms with E-state index in [4.69, 9.17) is 0 Å². The molecule has 0 N–H and O–H groups in total. The summed E-state index contributed by atoms with van der Waals surface area (Å²) in [5, 5.41) is 8.10. The lowest BCUT2D eigenvalue weighted by atomic mass is 9.91. The van der Waals surface area contributed by atoms with Crippen LogP contribution in [-0.4, -0.2) is 0 Å². The molecular formula is C62H72S2. The van der Waals surface area contributed by atoms with Crippen LogP contribution in [0.15, 0.2) is 120 Å². The molecule has 1 atom stereocenters. The number of thiophene rings is 2. The number of hydrogen-bond acceptors (Lipinski definition) is 2. The molecule has 5 aromatic carbocycles. The van der Waals surface area contributed by atoms with Crippen molar-refractivity contribution >= 4 is 89.3 Å². The molecule has 332 valence electrons. The summed E-state index contributed by atoms with van der Waals surface area (Å²) in [5.41, 5.74) is 16.4. The van der Waals surface area contributed by atoms with E-state index in [0.717, 1.165) is 25.7 Å². The highest BCUT2D eigenvalue weighted by molar-refractivity contribution is 7.21. The van der Waals surface area contributed by atoms with E-state index in [2.05, 4.69) is 198 Å². The van der Waals surface area contributed by atoms with Gasteiger partial charge in [-0.15, -0.1) is 22.7 Å². The molecule has 0 radical (unpaired) electrons. The smallest absolute Gasteiger partial charge is 0.0381 e. The average molecular weight is 881 g/mol. The third-order valence-electron chi connectivity index (χ3n) is 13.3. The van der Waals surface area contributed by atoms with Crippen LogP contribution < -0.4 is 5.22 Å². The van der Waals surface area contributed by atoms with Gasteiger partial charge >= 0.3 is 0 Å². The standard InChI is InChI=1S/C60H66S2.C2H6/c1-12-16-20-50(43(10)39(6)14-3)44(11)55-37-47(15-4)60(62-55)49-33-28-45(29-34-49)25-24-41(8)57-52-22-18-23-53-58(52)59(51-21-17-19-40(7)56(51)57)54(61-53)35-30-46-26-31-48(32-27-46)42(9)36-38(5)13-2;1-2/h17-19,21-38H,12-16,20H2,1-11H3;1-2H3/b25-24+,35-30+,42-36+,43-39-,50-44+,57-41+;. The molecule has 7 aromatic rings. The van der Waals surface area contributed by atoms with Gasteiger partial charge in [0.2, 0.25) is 0 Å². The average Bonchev–Trinajstić information content (AvgIpc) is 3.94. The quantitative estimate of drug-likeness (QED) is 0.0711. The normalized spacial score (nSPS) is 14.1. The molecule has 2 aromatic heterocycles. The SMILES string of the molecule is CC.CCCCC(/C(C)=C(/C)CC)=C(/C)c1cc(CC)c(-c2ccc(/C=C/C(C)=c3\c4cccc5sc(/C=C/c6ccc(/C(C)=C/C(C)CC)cc6)c(c6cccc(C)c36)c54)cc2)s1. The molecule has 0 saturated carbocycles. The zero-order valence-electron chi connectivity index (χ0n) is 41.2. The van der Waals surface area contributed by atoms with E-state index in [-0.39, 0.29) is 0 Å². The highest BCUT2D eigenvalue weighted by Gasteiger charge is 2.18. The Kier molecular flexibility index (Phi) is 16.8. The molecule has 64 heavy (non-hydrogen) atoms. The molecule has 0 amide bonds. The predicted molar refractivity (Wildman–Crippen MR) is 295 cm³/mol. The highest BCUT2D eigenvalue weighted by Crippen LogP contribution is 2.42. The first-order chi connectivity index (χ1) is 31.0. The second-order valence-electron chi connectivity index (χ2n) is 17.5. The Labute approximate surface area is 394 Å². The van der Waals surface area contributed by atoms with Gasteiger partial charge in [-0.05, 0) is 174 Å². The van der Waals surface area contributed by atoms with Crippen LogP contribution in [0.25, 0.3) is 77.0 Å². The summed E-state index contributed by atoms with van der Waals surface area (Å²) in [7, 11) is 0. The van der Waals surface area contributed by atoms with Crippen molar-refractivity contribution in [2.75, 3.05) is 0 Å². The number of hydrogen-bond donors (Lipinski definition) is 0.